The number of carbonyl (C=O) groups excluding carboxylic acids is 2. The van der Waals surface area contributed by atoms with Crippen molar-refractivity contribution in [3.05, 3.63) is 48.6 Å². The van der Waals surface area contributed by atoms with Crippen LogP contribution in [0.1, 0.15) is 335 Å². The minimum absolute atomic E-state index is 0.0303. The highest BCUT2D eigenvalue weighted by molar-refractivity contribution is 7.47. The van der Waals surface area contributed by atoms with Gasteiger partial charge >= 0.3 is 19.8 Å². The molecule has 470 valence electrons. The number of rotatable bonds is 64. The molecular weight excluding hydrogens is 1010 g/mol. The maximum absolute atomic E-state index is 12.8. The summed E-state index contributed by atoms with van der Waals surface area (Å²) in [5, 5.41) is 0. The fourth-order valence-corrected chi connectivity index (χ4v) is 10.9. The number of ether oxygens (including phenoxy) is 2. The number of quaternary nitrogens is 1. The van der Waals surface area contributed by atoms with Gasteiger partial charge in [-0.05, 0) is 51.4 Å². The third-order valence-electron chi connectivity index (χ3n) is 15.4. The molecule has 0 rings (SSSR count). The molecule has 0 spiro atoms. The fraction of sp³-hybridized carbons (Fsp3) is 0.857. The number of hydrogen-bond donors (Lipinski definition) is 1. The van der Waals surface area contributed by atoms with Crippen LogP contribution in [-0.4, -0.2) is 74.9 Å². The maximum atomic E-state index is 12.8. The number of carbonyl (C=O) groups is 2. The molecule has 0 heterocycles. The Labute approximate surface area is 496 Å². The van der Waals surface area contributed by atoms with Crippen LogP contribution in [0, 0.1) is 0 Å². The SMILES string of the molecule is CC/C=C\C/C=C\C/C=C\C/C=C\CCCCCCCCCCC(=O)OC(COC(=O)CCCCCCCCCCCCCCCCCCCCCCCCCCCCCCCCCCCCC)COP(=O)(O)OCC[N+](C)(C)C. The number of esters is 2. The molecule has 0 aliphatic carbocycles. The first-order chi connectivity index (χ1) is 39.0. The standard InChI is InChI=1S/C70H132NO8P/c1-6-8-10-12-14-16-18-20-22-24-26-28-29-30-31-32-33-34-35-36-37-38-39-40-41-43-44-46-48-50-52-54-56-58-60-62-69(72)76-66-68(67-78-80(74,75)77-65-64-71(3,4)5)79-70(73)63-61-59-57-55-53-51-49-47-45-42-27-25-23-21-19-17-15-13-11-9-7-2/h9,11,15,17,21,23,27,42,68H,6-8,10,12-14,16,18-20,22,24-26,28-41,43-67H2,1-5H3/p+1/b11-9-,17-15-,23-21-,42-27-. The topological polar surface area (TPSA) is 108 Å². The summed E-state index contributed by atoms with van der Waals surface area (Å²) >= 11 is 0. The maximum Gasteiger partial charge on any atom is 0.472 e. The van der Waals surface area contributed by atoms with Crippen LogP contribution in [0.3, 0.4) is 0 Å². The lowest BCUT2D eigenvalue weighted by Gasteiger charge is -2.24. The zero-order valence-corrected chi connectivity index (χ0v) is 54.5. The van der Waals surface area contributed by atoms with Crippen LogP contribution < -0.4 is 0 Å². The summed E-state index contributed by atoms with van der Waals surface area (Å²) in [4.78, 5) is 35.8. The van der Waals surface area contributed by atoms with Crippen LogP contribution in [0.25, 0.3) is 0 Å². The average molecular weight is 1150 g/mol. The van der Waals surface area contributed by atoms with Crippen molar-refractivity contribution in [1.29, 1.82) is 0 Å². The summed E-state index contributed by atoms with van der Waals surface area (Å²) in [5.41, 5.74) is 0. The van der Waals surface area contributed by atoms with Gasteiger partial charge in [-0.2, -0.15) is 0 Å². The molecule has 10 heteroatoms. The third kappa shape index (κ3) is 65.1. The predicted octanol–water partition coefficient (Wildman–Crippen LogP) is 22.1. The lowest BCUT2D eigenvalue weighted by atomic mass is 10.0. The number of phosphoric ester groups is 1. The Kier molecular flexibility index (Phi) is 60.0. The Morgan fingerprint density at radius 1 is 0.400 bits per heavy atom. The molecule has 0 aromatic heterocycles. The van der Waals surface area contributed by atoms with Gasteiger partial charge in [0.05, 0.1) is 27.7 Å². The van der Waals surface area contributed by atoms with E-state index in [0.29, 0.717) is 23.9 Å². The molecule has 0 aromatic carbocycles. The number of hydrogen-bond acceptors (Lipinski definition) is 7. The molecule has 2 atom stereocenters. The molecule has 0 fully saturated rings. The largest absolute Gasteiger partial charge is 0.472 e. The van der Waals surface area contributed by atoms with Crippen molar-refractivity contribution in [2.24, 2.45) is 0 Å². The lowest BCUT2D eigenvalue weighted by Crippen LogP contribution is -2.37. The first-order valence-corrected chi connectivity index (χ1v) is 35.9. The second-order valence-electron chi connectivity index (χ2n) is 24.5. The van der Waals surface area contributed by atoms with Gasteiger partial charge in [-0.15, -0.1) is 0 Å². The lowest BCUT2D eigenvalue weighted by molar-refractivity contribution is -0.870. The van der Waals surface area contributed by atoms with Crippen LogP contribution in [0.2, 0.25) is 0 Å². The van der Waals surface area contributed by atoms with E-state index in [9.17, 15) is 19.0 Å². The van der Waals surface area contributed by atoms with Crippen molar-refractivity contribution < 1.29 is 42.1 Å². The Morgan fingerprint density at radius 2 is 0.713 bits per heavy atom. The molecule has 0 saturated carbocycles. The molecule has 0 aliphatic rings. The predicted molar refractivity (Wildman–Crippen MR) is 344 cm³/mol. The van der Waals surface area contributed by atoms with E-state index in [1.807, 2.05) is 21.1 Å². The summed E-state index contributed by atoms with van der Waals surface area (Å²) in [7, 11) is 1.48. The van der Waals surface area contributed by atoms with Gasteiger partial charge in [0.25, 0.3) is 0 Å². The van der Waals surface area contributed by atoms with Gasteiger partial charge in [-0.25, -0.2) is 4.57 Å². The smallest absolute Gasteiger partial charge is 0.462 e. The fourth-order valence-electron chi connectivity index (χ4n) is 10.1. The van der Waals surface area contributed by atoms with Crippen LogP contribution in [0.4, 0.5) is 0 Å². The van der Waals surface area contributed by atoms with E-state index >= 15 is 0 Å². The van der Waals surface area contributed by atoms with Crippen LogP contribution in [0.15, 0.2) is 48.6 Å². The first-order valence-electron chi connectivity index (χ1n) is 34.4. The van der Waals surface area contributed by atoms with E-state index in [1.54, 1.807) is 0 Å². The first kappa shape index (κ1) is 78.0. The normalized spacial score (nSPS) is 13.4. The number of unbranched alkanes of at least 4 members (excludes halogenated alkanes) is 42. The zero-order chi connectivity index (χ0) is 58.4. The molecule has 1 N–H and O–H groups in total. The molecule has 0 saturated heterocycles. The Hall–Kier alpha value is -2.03. The Balaban J connectivity index is 3.95. The molecule has 0 amide bonds. The molecule has 0 bridgehead atoms. The molecule has 0 radical (unpaired) electrons. The summed E-state index contributed by atoms with van der Waals surface area (Å²) in [6.07, 6.45) is 79.4. The van der Waals surface area contributed by atoms with Crippen molar-refractivity contribution in [2.75, 3.05) is 47.5 Å². The highest BCUT2D eigenvalue weighted by Crippen LogP contribution is 2.43. The quantitative estimate of drug-likeness (QED) is 0.0211. The van der Waals surface area contributed by atoms with Gasteiger partial charge in [-0.1, -0.05) is 319 Å². The van der Waals surface area contributed by atoms with Crippen molar-refractivity contribution in [2.45, 2.75) is 341 Å². The molecule has 80 heavy (non-hydrogen) atoms. The third-order valence-corrected chi connectivity index (χ3v) is 16.4. The van der Waals surface area contributed by atoms with Gasteiger partial charge in [-0.3, -0.25) is 18.6 Å². The van der Waals surface area contributed by atoms with Gasteiger partial charge in [0.15, 0.2) is 6.10 Å². The number of allylic oxidation sites excluding steroid dienone is 8. The molecular formula is C70H133NO8P+. The minimum atomic E-state index is -4.39. The highest BCUT2D eigenvalue weighted by Gasteiger charge is 2.27. The van der Waals surface area contributed by atoms with Crippen molar-refractivity contribution >= 4 is 19.8 Å². The summed E-state index contributed by atoms with van der Waals surface area (Å²) < 4.78 is 34.7. The Bertz CT molecular complexity index is 1490. The van der Waals surface area contributed by atoms with E-state index < -0.39 is 26.5 Å². The van der Waals surface area contributed by atoms with Gasteiger partial charge < -0.3 is 18.9 Å². The average Bonchev–Trinajstić information content (AvgIpc) is 3.42. The van der Waals surface area contributed by atoms with E-state index in [0.717, 1.165) is 70.6 Å². The summed E-state index contributed by atoms with van der Waals surface area (Å²) in [6, 6.07) is 0. The second kappa shape index (κ2) is 61.5. The van der Waals surface area contributed by atoms with E-state index in [-0.39, 0.29) is 25.6 Å². The number of likely N-dealkylation sites (N-methyl/N-ethyl adjacent to an activating group) is 1. The summed E-state index contributed by atoms with van der Waals surface area (Å²) in [5.74, 6) is -0.793. The summed E-state index contributed by atoms with van der Waals surface area (Å²) in [6.45, 7) is 4.36. The number of phosphoric acid groups is 1. The van der Waals surface area contributed by atoms with E-state index in [1.165, 1.54) is 231 Å². The Morgan fingerprint density at radius 3 is 1.06 bits per heavy atom. The minimum Gasteiger partial charge on any atom is -0.462 e. The molecule has 0 aromatic rings. The van der Waals surface area contributed by atoms with Gasteiger partial charge in [0.1, 0.15) is 19.8 Å². The van der Waals surface area contributed by atoms with E-state index in [2.05, 4.69) is 62.5 Å². The second-order valence-corrected chi connectivity index (χ2v) is 26.0. The van der Waals surface area contributed by atoms with Crippen LogP contribution >= 0.6 is 7.82 Å². The van der Waals surface area contributed by atoms with Crippen molar-refractivity contribution in [3.8, 4) is 0 Å². The van der Waals surface area contributed by atoms with Crippen LogP contribution in [-0.2, 0) is 32.7 Å². The molecule has 0 aliphatic heterocycles. The van der Waals surface area contributed by atoms with Gasteiger partial charge in [0, 0.05) is 12.8 Å². The highest BCUT2D eigenvalue weighted by atomic mass is 31.2. The molecule has 9 nitrogen and oxygen atoms in total. The monoisotopic (exact) mass is 1150 g/mol. The van der Waals surface area contributed by atoms with E-state index in [4.69, 9.17) is 18.5 Å². The van der Waals surface area contributed by atoms with Gasteiger partial charge in [0.2, 0.25) is 0 Å². The van der Waals surface area contributed by atoms with Crippen molar-refractivity contribution in [1.82, 2.24) is 0 Å². The zero-order valence-electron chi connectivity index (χ0n) is 53.6. The number of nitrogens with zero attached hydrogens (tertiary/aromatic N) is 1. The molecule has 2 unspecified atom stereocenters. The van der Waals surface area contributed by atoms with Crippen LogP contribution in [0.5, 0.6) is 0 Å². The van der Waals surface area contributed by atoms with Crippen molar-refractivity contribution in [3.63, 3.8) is 0 Å².